The van der Waals surface area contributed by atoms with E-state index in [1.165, 1.54) is 0 Å². The number of likely N-dealkylation sites (tertiary alicyclic amines) is 1. The van der Waals surface area contributed by atoms with E-state index in [-0.39, 0.29) is 24.0 Å². The summed E-state index contributed by atoms with van der Waals surface area (Å²) in [7, 11) is 0. The quantitative estimate of drug-likeness (QED) is 0.578. The number of nitrogens with one attached hydrogen (secondary N) is 1. The van der Waals surface area contributed by atoms with Gasteiger partial charge in [0.1, 0.15) is 6.04 Å². The van der Waals surface area contributed by atoms with Gasteiger partial charge in [0.15, 0.2) is 11.3 Å². The second kappa shape index (κ2) is 8.01. The van der Waals surface area contributed by atoms with E-state index < -0.39 is 0 Å². The number of para-hydroxylation sites is 1. The van der Waals surface area contributed by atoms with Crippen LogP contribution in [-0.4, -0.2) is 42.5 Å². The summed E-state index contributed by atoms with van der Waals surface area (Å²) in [5.41, 5.74) is 8.02. The molecule has 2 aromatic carbocycles. The molecule has 160 valence electrons. The average Bonchev–Trinajstić information content (AvgIpc) is 3.39. The van der Waals surface area contributed by atoms with E-state index in [0.29, 0.717) is 24.4 Å². The molecule has 3 amide bonds. The van der Waals surface area contributed by atoms with Crippen molar-refractivity contribution >= 4 is 44.5 Å². The van der Waals surface area contributed by atoms with Crippen LogP contribution in [0.25, 0.3) is 11.0 Å². The van der Waals surface area contributed by atoms with Gasteiger partial charge in [-0.05, 0) is 53.0 Å². The highest BCUT2D eigenvalue weighted by atomic mass is 79.9. The molecular weight excluding hydrogens is 460 g/mol. The molecule has 1 unspecified atom stereocenters. The highest BCUT2D eigenvalue weighted by molar-refractivity contribution is 9.10. The summed E-state index contributed by atoms with van der Waals surface area (Å²) in [6, 6.07) is 14.8. The van der Waals surface area contributed by atoms with Gasteiger partial charge < -0.3 is 15.5 Å². The number of nitrogens with zero attached hydrogens (tertiary/aromatic N) is 2. The van der Waals surface area contributed by atoms with Gasteiger partial charge in [0.05, 0.1) is 16.2 Å². The van der Waals surface area contributed by atoms with Gasteiger partial charge in [-0.15, -0.1) is 0 Å². The molecule has 8 heteroatoms. The summed E-state index contributed by atoms with van der Waals surface area (Å²) in [6.07, 6.45) is 1.70. The molecule has 1 saturated heterocycles. The van der Waals surface area contributed by atoms with Crippen LogP contribution in [-0.2, 0) is 4.79 Å². The molecule has 0 aliphatic carbocycles. The van der Waals surface area contributed by atoms with Crippen LogP contribution in [0.3, 0.4) is 0 Å². The largest absolute Gasteiger partial charge is 0.455 e. The molecule has 31 heavy (non-hydrogen) atoms. The maximum atomic E-state index is 13.2. The number of carbonyl (C=O) groups excluding carboxylic acids is 2. The zero-order valence-electron chi connectivity index (χ0n) is 16.9. The van der Waals surface area contributed by atoms with Crippen LogP contribution in [0.15, 0.2) is 57.4 Å². The number of fused-ring (bicyclic) bond motifs is 3. The minimum Gasteiger partial charge on any atom is -0.455 e. The van der Waals surface area contributed by atoms with Crippen molar-refractivity contribution in [2.24, 2.45) is 5.73 Å². The van der Waals surface area contributed by atoms with E-state index in [4.69, 9.17) is 10.2 Å². The van der Waals surface area contributed by atoms with Crippen molar-refractivity contribution in [2.45, 2.75) is 24.9 Å². The van der Waals surface area contributed by atoms with Gasteiger partial charge in [0, 0.05) is 18.5 Å². The Morgan fingerprint density at radius 1 is 1.16 bits per heavy atom. The van der Waals surface area contributed by atoms with Crippen molar-refractivity contribution in [1.82, 2.24) is 10.2 Å². The SMILES string of the molecule is NC(=O)[C@H]1CCCN1CCN1C(=O)NC(c2ccccc2)c2oc3c(Br)cccc3c21. The van der Waals surface area contributed by atoms with E-state index in [0.717, 1.165) is 40.5 Å². The first-order valence-electron chi connectivity index (χ1n) is 10.4. The summed E-state index contributed by atoms with van der Waals surface area (Å²) in [4.78, 5) is 28.8. The zero-order chi connectivity index (χ0) is 21.5. The van der Waals surface area contributed by atoms with Gasteiger partial charge in [-0.1, -0.05) is 36.4 Å². The number of urea groups is 1. The van der Waals surface area contributed by atoms with Crippen molar-refractivity contribution in [1.29, 1.82) is 0 Å². The van der Waals surface area contributed by atoms with Crippen LogP contribution in [0, 0.1) is 0 Å². The standard InChI is InChI=1S/C23H23BrN4O3/c24-16-9-4-8-15-19-21(31-20(15)16)18(14-6-2-1-3-7-14)26-23(30)28(19)13-12-27-11-5-10-17(27)22(25)29/h1-4,6-9,17-18H,5,10-13H2,(H2,25,29)(H,26,30)/t17-,18?/m1/s1. The summed E-state index contributed by atoms with van der Waals surface area (Å²) in [6.45, 7) is 1.81. The van der Waals surface area contributed by atoms with E-state index in [1.54, 1.807) is 4.90 Å². The Bertz CT molecular complexity index is 1150. The summed E-state index contributed by atoms with van der Waals surface area (Å²) in [5, 5.41) is 3.98. The molecule has 7 nitrogen and oxygen atoms in total. The minimum atomic E-state index is -0.371. The van der Waals surface area contributed by atoms with Crippen LogP contribution in [0.4, 0.5) is 10.5 Å². The number of hydrogen-bond donors (Lipinski definition) is 2. The molecule has 0 bridgehead atoms. The van der Waals surface area contributed by atoms with Crippen molar-refractivity contribution in [3.8, 4) is 0 Å². The van der Waals surface area contributed by atoms with Crippen LogP contribution in [0.5, 0.6) is 0 Å². The average molecular weight is 483 g/mol. The Balaban J connectivity index is 1.54. The number of nitrogens with two attached hydrogens (primary N) is 1. The predicted molar refractivity (Wildman–Crippen MR) is 122 cm³/mol. The van der Waals surface area contributed by atoms with E-state index in [1.807, 2.05) is 48.5 Å². The molecule has 3 N–H and O–H groups in total. The molecule has 0 spiro atoms. The van der Waals surface area contributed by atoms with Gasteiger partial charge >= 0.3 is 6.03 Å². The molecule has 2 atom stereocenters. The Morgan fingerprint density at radius 2 is 1.97 bits per heavy atom. The first-order chi connectivity index (χ1) is 15.0. The molecule has 0 radical (unpaired) electrons. The maximum absolute atomic E-state index is 13.2. The van der Waals surface area contributed by atoms with Crippen LogP contribution < -0.4 is 16.0 Å². The molecule has 0 saturated carbocycles. The van der Waals surface area contributed by atoms with Crippen molar-refractivity contribution in [3.63, 3.8) is 0 Å². The maximum Gasteiger partial charge on any atom is 0.322 e. The molecular formula is C23H23BrN4O3. The Morgan fingerprint density at radius 3 is 2.74 bits per heavy atom. The van der Waals surface area contributed by atoms with Crippen LogP contribution in [0.1, 0.15) is 30.2 Å². The second-order valence-electron chi connectivity index (χ2n) is 7.97. The number of hydrogen-bond acceptors (Lipinski definition) is 4. The van der Waals surface area contributed by atoms with Crippen molar-refractivity contribution < 1.29 is 14.0 Å². The van der Waals surface area contributed by atoms with E-state index in [9.17, 15) is 9.59 Å². The number of carbonyl (C=O) groups is 2. The van der Waals surface area contributed by atoms with Gasteiger partial charge in [-0.2, -0.15) is 0 Å². The number of anilines is 1. The number of benzene rings is 2. The molecule has 1 aromatic heterocycles. The minimum absolute atomic E-state index is 0.182. The van der Waals surface area contributed by atoms with E-state index in [2.05, 4.69) is 26.1 Å². The smallest absolute Gasteiger partial charge is 0.322 e. The fourth-order valence-electron chi connectivity index (χ4n) is 4.67. The number of primary amides is 1. The zero-order valence-corrected chi connectivity index (χ0v) is 18.5. The first-order valence-corrected chi connectivity index (χ1v) is 11.2. The normalized spacial score (nSPS) is 21.3. The topological polar surface area (TPSA) is 91.8 Å². The molecule has 1 fully saturated rings. The summed E-state index contributed by atoms with van der Waals surface area (Å²) in [5.74, 6) is 0.406. The lowest BCUT2D eigenvalue weighted by molar-refractivity contribution is -0.122. The molecule has 3 aromatic rings. The number of rotatable bonds is 5. The highest BCUT2D eigenvalue weighted by Gasteiger charge is 2.38. The van der Waals surface area contributed by atoms with Gasteiger partial charge in [0.25, 0.3) is 0 Å². The third kappa shape index (κ3) is 3.49. The Hall–Kier alpha value is -2.84. The fourth-order valence-corrected chi connectivity index (χ4v) is 5.12. The third-order valence-corrected chi connectivity index (χ3v) is 6.77. The first kappa shape index (κ1) is 20.1. The molecule has 3 heterocycles. The molecule has 2 aliphatic rings. The van der Waals surface area contributed by atoms with Crippen molar-refractivity contribution in [2.75, 3.05) is 24.5 Å². The number of amides is 3. The third-order valence-electron chi connectivity index (χ3n) is 6.15. The summed E-state index contributed by atoms with van der Waals surface area (Å²) < 4.78 is 7.15. The lowest BCUT2D eigenvalue weighted by Crippen LogP contribution is -2.50. The summed E-state index contributed by atoms with van der Waals surface area (Å²) >= 11 is 3.57. The Labute approximate surface area is 188 Å². The molecule has 5 rings (SSSR count). The van der Waals surface area contributed by atoms with E-state index >= 15 is 0 Å². The number of furan rings is 1. The highest BCUT2D eigenvalue weighted by Crippen LogP contribution is 2.44. The molecule has 2 aliphatic heterocycles. The monoisotopic (exact) mass is 482 g/mol. The predicted octanol–water partition coefficient (Wildman–Crippen LogP) is 3.76. The Kier molecular flexibility index (Phi) is 5.19. The van der Waals surface area contributed by atoms with Crippen LogP contribution >= 0.6 is 15.9 Å². The second-order valence-corrected chi connectivity index (χ2v) is 8.83. The van der Waals surface area contributed by atoms with Gasteiger partial charge in [0.2, 0.25) is 5.91 Å². The van der Waals surface area contributed by atoms with Crippen LogP contribution in [0.2, 0.25) is 0 Å². The lowest BCUT2D eigenvalue weighted by atomic mass is 10.0. The fraction of sp³-hybridized carbons (Fsp3) is 0.304. The van der Waals surface area contributed by atoms with Gasteiger partial charge in [-0.25, -0.2) is 4.79 Å². The van der Waals surface area contributed by atoms with Gasteiger partial charge in [-0.3, -0.25) is 14.6 Å². The lowest BCUT2D eigenvalue weighted by Gasteiger charge is -2.34. The number of halogens is 1. The van der Waals surface area contributed by atoms with Crippen molar-refractivity contribution in [3.05, 3.63) is 64.3 Å².